The van der Waals surface area contributed by atoms with Gasteiger partial charge in [-0.2, -0.15) is 24.5 Å². The highest BCUT2D eigenvalue weighted by Gasteiger charge is 2.43. The predicted molar refractivity (Wildman–Crippen MR) is 105 cm³/mol. The van der Waals surface area contributed by atoms with E-state index in [9.17, 15) is 18.0 Å². The number of hydrogen-bond acceptors (Lipinski definition) is 5. The van der Waals surface area contributed by atoms with Gasteiger partial charge in [-0.1, -0.05) is 0 Å². The second-order valence-corrected chi connectivity index (χ2v) is 8.75. The third kappa shape index (κ3) is 5.95. The summed E-state index contributed by atoms with van der Waals surface area (Å²) in [7, 11) is 0. The number of carbonyl (C=O) groups is 2. The Hall–Kier alpha value is -1.65. The Balaban J connectivity index is 0.000000318. The highest BCUT2D eigenvalue weighted by Crippen LogP contribution is 2.34. The number of carbonyl (C=O) groups excluding carboxylic acids is 1. The molecule has 0 spiro atoms. The van der Waals surface area contributed by atoms with Crippen LogP contribution in [0.1, 0.15) is 37.7 Å². The summed E-state index contributed by atoms with van der Waals surface area (Å²) in [5.41, 5.74) is 1.42. The van der Waals surface area contributed by atoms with Crippen LogP contribution in [0.4, 0.5) is 13.2 Å². The summed E-state index contributed by atoms with van der Waals surface area (Å²) in [4.78, 5) is 26.2. The van der Waals surface area contributed by atoms with Gasteiger partial charge in [-0.05, 0) is 54.0 Å². The van der Waals surface area contributed by atoms with Gasteiger partial charge in [0.15, 0.2) is 0 Å². The highest BCUT2D eigenvalue weighted by molar-refractivity contribution is 7.07. The maximum atomic E-state index is 12.5. The normalized spacial score (nSPS) is 25.6. The van der Waals surface area contributed by atoms with E-state index < -0.39 is 12.1 Å². The zero-order chi connectivity index (χ0) is 21.7. The highest BCUT2D eigenvalue weighted by atomic mass is 32.1. The van der Waals surface area contributed by atoms with E-state index in [0.29, 0.717) is 23.9 Å². The molecule has 1 aromatic rings. The summed E-state index contributed by atoms with van der Waals surface area (Å²) in [5, 5.41) is 11.5. The van der Waals surface area contributed by atoms with Gasteiger partial charge in [0.25, 0.3) is 0 Å². The van der Waals surface area contributed by atoms with Crippen molar-refractivity contribution in [1.29, 1.82) is 0 Å². The molecule has 6 nitrogen and oxygen atoms in total. The van der Waals surface area contributed by atoms with Crippen LogP contribution in [0.2, 0.25) is 0 Å². The molecule has 1 amide bonds. The van der Waals surface area contributed by atoms with Gasteiger partial charge in [-0.3, -0.25) is 9.69 Å². The van der Waals surface area contributed by atoms with Gasteiger partial charge >= 0.3 is 12.1 Å². The Morgan fingerprint density at radius 1 is 1.20 bits per heavy atom. The fourth-order valence-electron chi connectivity index (χ4n) is 4.50. The van der Waals surface area contributed by atoms with Crippen molar-refractivity contribution < 1.29 is 32.6 Å². The minimum Gasteiger partial charge on any atom is -0.475 e. The zero-order valence-corrected chi connectivity index (χ0v) is 17.5. The number of aliphatic carboxylic acids is 1. The lowest BCUT2D eigenvalue weighted by molar-refractivity contribution is -0.192. The fraction of sp³-hybridized carbons (Fsp3) is 0.700. The van der Waals surface area contributed by atoms with Crippen LogP contribution in [-0.2, 0) is 20.9 Å². The van der Waals surface area contributed by atoms with Gasteiger partial charge < -0.3 is 14.7 Å². The number of alkyl halides is 3. The van der Waals surface area contributed by atoms with Gasteiger partial charge in [0.2, 0.25) is 5.91 Å². The van der Waals surface area contributed by atoms with Crippen molar-refractivity contribution in [3.63, 3.8) is 0 Å². The molecule has 1 aromatic heterocycles. The Labute approximate surface area is 177 Å². The molecule has 3 aliphatic rings. The molecule has 3 saturated heterocycles. The van der Waals surface area contributed by atoms with Gasteiger partial charge in [-0.15, -0.1) is 0 Å². The maximum absolute atomic E-state index is 12.5. The Morgan fingerprint density at radius 2 is 1.90 bits per heavy atom. The van der Waals surface area contributed by atoms with E-state index in [1.54, 1.807) is 11.3 Å². The van der Waals surface area contributed by atoms with Crippen LogP contribution in [0.15, 0.2) is 16.8 Å². The fourth-order valence-corrected chi connectivity index (χ4v) is 5.16. The molecule has 1 N–H and O–H groups in total. The van der Waals surface area contributed by atoms with Crippen molar-refractivity contribution in [1.82, 2.24) is 9.80 Å². The molecule has 4 heterocycles. The number of carboxylic acids is 1. The van der Waals surface area contributed by atoms with Crippen LogP contribution in [0.5, 0.6) is 0 Å². The topological polar surface area (TPSA) is 70.1 Å². The molecule has 0 unspecified atom stereocenters. The first-order valence-corrected chi connectivity index (χ1v) is 11.1. The lowest BCUT2D eigenvalue weighted by Gasteiger charge is -2.42. The molecular formula is C20H27F3N2O4S. The maximum Gasteiger partial charge on any atom is 0.490 e. The van der Waals surface area contributed by atoms with Crippen LogP contribution in [0.3, 0.4) is 0 Å². The van der Waals surface area contributed by atoms with Crippen LogP contribution >= 0.6 is 11.3 Å². The third-order valence-corrected chi connectivity index (χ3v) is 6.74. The number of likely N-dealkylation sites (tertiary alicyclic amines) is 2. The van der Waals surface area contributed by atoms with Crippen LogP contribution < -0.4 is 0 Å². The number of thiophene rings is 1. The zero-order valence-electron chi connectivity index (χ0n) is 16.6. The summed E-state index contributed by atoms with van der Waals surface area (Å²) in [6.07, 6.45) is 0.0474. The van der Waals surface area contributed by atoms with Crippen molar-refractivity contribution in [2.45, 2.75) is 56.9 Å². The first kappa shape index (κ1) is 23.0. The molecular weight excluding hydrogens is 421 g/mol. The van der Waals surface area contributed by atoms with Crippen molar-refractivity contribution in [2.75, 3.05) is 26.3 Å². The van der Waals surface area contributed by atoms with Gasteiger partial charge in [0.05, 0.1) is 0 Å². The van der Waals surface area contributed by atoms with Crippen molar-refractivity contribution >= 4 is 23.2 Å². The molecule has 0 aliphatic carbocycles. The predicted octanol–water partition coefficient (Wildman–Crippen LogP) is 3.37. The molecule has 0 bridgehead atoms. The van der Waals surface area contributed by atoms with Gasteiger partial charge in [0.1, 0.15) is 0 Å². The average molecular weight is 449 g/mol. The first-order valence-electron chi connectivity index (χ1n) is 10.2. The lowest BCUT2D eigenvalue weighted by atomic mass is 9.92. The second kappa shape index (κ2) is 10.1. The summed E-state index contributed by atoms with van der Waals surface area (Å²) in [6, 6.07) is 3.23. The quantitative estimate of drug-likeness (QED) is 0.765. The molecule has 0 radical (unpaired) electrons. The van der Waals surface area contributed by atoms with E-state index >= 15 is 0 Å². The molecule has 4 rings (SSSR count). The Morgan fingerprint density at radius 3 is 2.50 bits per heavy atom. The number of nitrogens with zero attached hydrogens (tertiary/aromatic N) is 2. The van der Waals surface area contributed by atoms with E-state index in [4.69, 9.17) is 14.6 Å². The Bertz CT molecular complexity index is 707. The molecule has 3 fully saturated rings. The van der Waals surface area contributed by atoms with Crippen LogP contribution in [0.25, 0.3) is 0 Å². The number of rotatable bonds is 4. The molecule has 3 aliphatic heterocycles. The number of piperidine rings is 1. The van der Waals surface area contributed by atoms with Crippen LogP contribution in [-0.4, -0.2) is 71.3 Å². The van der Waals surface area contributed by atoms with E-state index in [0.717, 1.165) is 65.0 Å². The van der Waals surface area contributed by atoms with E-state index in [-0.39, 0.29) is 0 Å². The number of hydrogen-bond donors (Lipinski definition) is 1. The summed E-state index contributed by atoms with van der Waals surface area (Å²) in [5.74, 6) is -1.74. The number of halogens is 3. The number of carboxylic acid groups (broad SMARTS) is 1. The number of ether oxygens (including phenoxy) is 1. The van der Waals surface area contributed by atoms with Crippen molar-refractivity contribution in [2.24, 2.45) is 5.92 Å². The number of fused-ring (bicyclic) bond motifs is 1. The standard InChI is InChI=1S/C18H26N2O2S.C2HF3O2/c21-18-2-1-16-17(20(18)12-14-4-8-22-9-5-14)3-7-19(16)11-15-6-10-23-13-15;3-2(4,5)1(6)7/h6,10,13-14,16-17H,1-5,7-9,11-12H2;(H,6,7)/t16-,17-;/m0./s1. The molecule has 168 valence electrons. The van der Waals surface area contributed by atoms with E-state index in [2.05, 4.69) is 26.6 Å². The third-order valence-electron chi connectivity index (χ3n) is 6.00. The second-order valence-electron chi connectivity index (χ2n) is 7.97. The number of amides is 1. The van der Waals surface area contributed by atoms with Gasteiger partial charge in [-0.25, -0.2) is 4.79 Å². The molecule has 30 heavy (non-hydrogen) atoms. The van der Waals surface area contributed by atoms with E-state index in [1.165, 1.54) is 5.56 Å². The smallest absolute Gasteiger partial charge is 0.475 e. The molecule has 0 saturated carbocycles. The summed E-state index contributed by atoms with van der Waals surface area (Å²) >= 11 is 1.77. The first-order chi connectivity index (χ1) is 14.3. The van der Waals surface area contributed by atoms with Crippen molar-refractivity contribution in [3.8, 4) is 0 Å². The largest absolute Gasteiger partial charge is 0.490 e. The summed E-state index contributed by atoms with van der Waals surface area (Å²) in [6.45, 7) is 4.86. The lowest BCUT2D eigenvalue weighted by Crippen LogP contribution is -2.53. The van der Waals surface area contributed by atoms with Crippen LogP contribution in [0, 0.1) is 5.92 Å². The molecule has 2 atom stereocenters. The molecule has 0 aromatic carbocycles. The van der Waals surface area contributed by atoms with E-state index in [1.807, 2.05) is 0 Å². The molecule has 10 heteroatoms. The monoisotopic (exact) mass is 448 g/mol. The van der Waals surface area contributed by atoms with Gasteiger partial charge in [0, 0.05) is 51.4 Å². The average Bonchev–Trinajstić information content (AvgIpc) is 3.35. The SMILES string of the molecule is O=C(O)C(F)(F)F.O=C1CC[C@H]2[C@H](CCN2Cc2ccsc2)N1CC1CCOCC1. The minimum absolute atomic E-state index is 0.384. The summed E-state index contributed by atoms with van der Waals surface area (Å²) < 4.78 is 37.2. The van der Waals surface area contributed by atoms with Crippen molar-refractivity contribution in [3.05, 3.63) is 22.4 Å². The Kier molecular flexibility index (Phi) is 7.75. The minimum atomic E-state index is -5.08.